The molecular weight excluding hydrogens is 218 g/mol. The fraction of sp³-hybridized carbons (Fsp3) is 0.833. The first kappa shape index (κ1) is 14.1. The molecule has 0 saturated heterocycles. The minimum atomic E-state index is 0.00944. The molecular formula is C12H23N3O2. The van der Waals surface area contributed by atoms with Gasteiger partial charge in [0.15, 0.2) is 5.82 Å². The molecule has 17 heavy (non-hydrogen) atoms. The molecule has 1 aromatic heterocycles. The average Bonchev–Trinajstić information content (AvgIpc) is 2.65. The van der Waals surface area contributed by atoms with Crippen LogP contribution in [0.4, 0.5) is 0 Å². The van der Waals surface area contributed by atoms with Gasteiger partial charge in [-0.25, -0.2) is 0 Å². The van der Waals surface area contributed by atoms with Crippen molar-refractivity contribution in [2.24, 2.45) is 11.7 Å². The zero-order chi connectivity index (χ0) is 12.8. The van der Waals surface area contributed by atoms with Crippen LogP contribution in [0.25, 0.3) is 0 Å². The van der Waals surface area contributed by atoms with E-state index in [0.29, 0.717) is 37.3 Å². The number of rotatable bonds is 7. The van der Waals surface area contributed by atoms with Crippen LogP contribution in [0.5, 0.6) is 0 Å². The Balaban J connectivity index is 2.65. The van der Waals surface area contributed by atoms with Gasteiger partial charge in [0.1, 0.15) is 0 Å². The minimum absolute atomic E-state index is 0.00944. The van der Waals surface area contributed by atoms with E-state index in [0.717, 1.165) is 0 Å². The Morgan fingerprint density at radius 3 is 2.59 bits per heavy atom. The van der Waals surface area contributed by atoms with Gasteiger partial charge in [0, 0.05) is 19.1 Å². The molecule has 1 heterocycles. The molecule has 0 radical (unpaired) electrons. The topological polar surface area (TPSA) is 74.2 Å². The highest BCUT2D eigenvalue weighted by Gasteiger charge is 2.25. The van der Waals surface area contributed by atoms with Gasteiger partial charge in [0.2, 0.25) is 5.89 Å². The third-order valence-corrected chi connectivity index (χ3v) is 2.73. The summed E-state index contributed by atoms with van der Waals surface area (Å²) in [5, 5.41) is 3.95. The Kier molecular flexibility index (Phi) is 5.58. The van der Waals surface area contributed by atoms with Crippen molar-refractivity contribution in [3.63, 3.8) is 0 Å². The number of hydrogen-bond acceptors (Lipinski definition) is 5. The second-order valence-electron chi connectivity index (χ2n) is 4.62. The third kappa shape index (κ3) is 4.09. The largest absolute Gasteiger partial charge is 0.381 e. The van der Waals surface area contributed by atoms with Crippen molar-refractivity contribution in [2.45, 2.75) is 46.1 Å². The zero-order valence-corrected chi connectivity index (χ0v) is 11.1. The van der Waals surface area contributed by atoms with E-state index in [2.05, 4.69) is 24.0 Å². The lowest BCUT2D eigenvalue weighted by atomic mass is 9.90. The molecule has 0 bridgehead atoms. The van der Waals surface area contributed by atoms with Crippen molar-refractivity contribution in [2.75, 3.05) is 13.2 Å². The maximum atomic E-state index is 5.95. The van der Waals surface area contributed by atoms with Crippen LogP contribution >= 0.6 is 0 Å². The lowest BCUT2D eigenvalue weighted by Gasteiger charge is -2.20. The first-order valence-corrected chi connectivity index (χ1v) is 6.22. The fourth-order valence-electron chi connectivity index (χ4n) is 1.93. The van der Waals surface area contributed by atoms with E-state index < -0.39 is 0 Å². The number of aromatic nitrogens is 2. The predicted molar refractivity (Wildman–Crippen MR) is 65.7 cm³/mol. The van der Waals surface area contributed by atoms with Crippen LogP contribution in [0, 0.1) is 5.92 Å². The van der Waals surface area contributed by atoms with Crippen molar-refractivity contribution in [1.29, 1.82) is 0 Å². The van der Waals surface area contributed by atoms with Gasteiger partial charge < -0.3 is 15.0 Å². The summed E-state index contributed by atoms with van der Waals surface area (Å²) in [7, 11) is 0. The summed E-state index contributed by atoms with van der Waals surface area (Å²) in [6.07, 6.45) is 0.682. The van der Waals surface area contributed by atoms with Gasteiger partial charge in [0.25, 0.3) is 0 Å². The van der Waals surface area contributed by atoms with Crippen LogP contribution in [-0.2, 0) is 11.2 Å². The van der Waals surface area contributed by atoms with Crippen LogP contribution in [0.2, 0.25) is 0 Å². The molecule has 0 aliphatic rings. The second-order valence-corrected chi connectivity index (χ2v) is 4.62. The highest BCUT2D eigenvalue weighted by atomic mass is 16.5. The van der Waals surface area contributed by atoms with Gasteiger partial charge in [-0.2, -0.15) is 4.98 Å². The maximum absolute atomic E-state index is 5.95. The highest BCUT2D eigenvalue weighted by Crippen LogP contribution is 2.25. The van der Waals surface area contributed by atoms with Gasteiger partial charge in [-0.05, 0) is 19.8 Å². The molecule has 5 nitrogen and oxygen atoms in total. The number of nitrogens with zero attached hydrogens (tertiary/aromatic N) is 2. The van der Waals surface area contributed by atoms with Crippen LogP contribution in [0.3, 0.4) is 0 Å². The molecule has 0 saturated carbocycles. The molecule has 0 spiro atoms. The van der Waals surface area contributed by atoms with Gasteiger partial charge in [-0.3, -0.25) is 0 Å². The lowest BCUT2D eigenvalue weighted by molar-refractivity contribution is 0.149. The van der Waals surface area contributed by atoms with Gasteiger partial charge in [-0.1, -0.05) is 19.0 Å². The van der Waals surface area contributed by atoms with Crippen LogP contribution in [-0.4, -0.2) is 29.4 Å². The first-order chi connectivity index (χ1) is 8.06. The lowest BCUT2D eigenvalue weighted by Crippen LogP contribution is -2.28. The van der Waals surface area contributed by atoms with E-state index >= 15 is 0 Å². The Labute approximate surface area is 103 Å². The standard InChI is InChI=1S/C12H23N3O2/c1-5-16-7-6-10-14-12(17-15-10)11(8(2)3)9(4)13/h8-9,11H,5-7,13H2,1-4H3. The molecule has 5 heteroatoms. The van der Waals surface area contributed by atoms with Crippen LogP contribution < -0.4 is 5.73 Å². The molecule has 0 amide bonds. The first-order valence-electron chi connectivity index (χ1n) is 6.22. The zero-order valence-electron chi connectivity index (χ0n) is 11.1. The molecule has 1 rings (SSSR count). The molecule has 0 fully saturated rings. The summed E-state index contributed by atoms with van der Waals surface area (Å²) in [5.74, 6) is 1.83. The molecule has 1 aromatic rings. The molecule has 2 unspecified atom stereocenters. The fourth-order valence-corrected chi connectivity index (χ4v) is 1.93. The third-order valence-electron chi connectivity index (χ3n) is 2.73. The van der Waals surface area contributed by atoms with E-state index in [1.807, 2.05) is 13.8 Å². The molecule has 0 aliphatic carbocycles. The van der Waals surface area contributed by atoms with E-state index in [1.165, 1.54) is 0 Å². The van der Waals surface area contributed by atoms with Crippen LogP contribution in [0.15, 0.2) is 4.52 Å². The van der Waals surface area contributed by atoms with Crippen LogP contribution in [0.1, 0.15) is 45.3 Å². The average molecular weight is 241 g/mol. The van der Waals surface area contributed by atoms with Crippen molar-refractivity contribution < 1.29 is 9.26 Å². The second kappa shape index (κ2) is 6.71. The summed E-state index contributed by atoms with van der Waals surface area (Å²) >= 11 is 0. The Hall–Kier alpha value is -0.940. The van der Waals surface area contributed by atoms with E-state index in [4.69, 9.17) is 15.0 Å². The Bertz CT molecular complexity index is 315. The van der Waals surface area contributed by atoms with Crippen molar-refractivity contribution in [3.8, 4) is 0 Å². The van der Waals surface area contributed by atoms with Crippen molar-refractivity contribution in [3.05, 3.63) is 11.7 Å². The summed E-state index contributed by atoms with van der Waals surface area (Å²) in [6, 6.07) is 0.00944. The van der Waals surface area contributed by atoms with Gasteiger partial charge in [0.05, 0.1) is 12.5 Å². The van der Waals surface area contributed by atoms with Crippen molar-refractivity contribution >= 4 is 0 Å². The molecule has 0 aromatic carbocycles. The van der Waals surface area contributed by atoms with Gasteiger partial charge in [-0.15, -0.1) is 0 Å². The minimum Gasteiger partial charge on any atom is -0.381 e. The normalized spacial score (nSPS) is 15.2. The summed E-state index contributed by atoms with van der Waals surface area (Å²) < 4.78 is 10.5. The molecule has 0 aliphatic heterocycles. The number of hydrogen-bond donors (Lipinski definition) is 1. The predicted octanol–water partition coefficient (Wildman–Crippen LogP) is 1.74. The Morgan fingerprint density at radius 2 is 2.06 bits per heavy atom. The summed E-state index contributed by atoms with van der Waals surface area (Å²) in [5.41, 5.74) is 5.95. The Morgan fingerprint density at radius 1 is 1.35 bits per heavy atom. The number of nitrogens with two attached hydrogens (primary N) is 1. The SMILES string of the molecule is CCOCCc1noc(C(C(C)C)C(C)N)n1. The summed E-state index contributed by atoms with van der Waals surface area (Å²) in [6.45, 7) is 9.48. The molecule has 2 atom stereocenters. The van der Waals surface area contributed by atoms with Crippen molar-refractivity contribution in [1.82, 2.24) is 10.1 Å². The van der Waals surface area contributed by atoms with E-state index in [9.17, 15) is 0 Å². The maximum Gasteiger partial charge on any atom is 0.231 e. The smallest absolute Gasteiger partial charge is 0.231 e. The molecule has 98 valence electrons. The number of ether oxygens (including phenoxy) is 1. The van der Waals surface area contributed by atoms with E-state index in [-0.39, 0.29) is 12.0 Å². The van der Waals surface area contributed by atoms with Gasteiger partial charge >= 0.3 is 0 Å². The summed E-state index contributed by atoms with van der Waals surface area (Å²) in [4.78, 5) is 4.39. The van der Waals surface area contributed by atoms with E-state index in [1.54, 1.807) is 0 Å². The quantitative estimate of drug-likeness (QED) is 0.736. The molecule has 2 N–H and O–H groups in total. The monoisotopic (exact) mass is 241 g/mol. The highest BCUT2D eigenvalue weighted by molar-refractivity contribution is 4.99.